The maximum atomic E-state index is 12.1. The van der Waals surface area contributed by atoms with Crippen molar-refractivity contribution >= 4 is 44.6 Å². The van der Waals surface area contributed by atoms with Crippen LogP contribution in [0.1, 0.15) is 12.8 Å². The van der Waals surface area contributed by atoms with Crippen LogP contribution in [0.4, 0.5) is 5.69 Å². The van der Waals surface area contributed by atoms with Crippen LogP contribution in [-0.4, -0.2) is 42.3 Å². The lowest BCUT2D eigenvalue weighted by Gasteiger charge is -2.14. The number of carbonyl (C=O) groups is 1. The molecule has 1 N–H and O–H groups in total. The Hall–Kier alpha value is -1.23. The molecule has 112 valence electrons. The van der Waals surface area contributed by atoms with Crippen molar-refractivity contribution in [2.45, 2.75) is 17.1 Å². The van der Waals surface area contributed by atoms with Crippen LogP contribution in [0.5, 0.6) is 0 Å². The number of rotatable bonds is 7. The van der Waals surface area contributed by atoms with Crippen molar-refractivity contribution < 1.29 is 23.2 Å². The molecule has 0 spiro atoms. The third-order valence-corrected chi connectivity index (χ3v) is 6.01. The van der Waals surface area contributed by atoms with Crippen molar-refractivity contribution in [3.05, 3.63) is 20.5 Å². The first-order valence-electron chi connectivity index (χ1n) is 5.28. The van der Waals surface area contributed by atoms with Crippen molar-refractivity contribution in [3.63, 3.8) is 0 Å². The van der Waals surface area contributed by atoms with Crippen LogP contribution >= 0.6 is 22.9 Å². The van der Waals surface area contributed by atoms with Gasteiger partial charge in [-0.05, 0) is 6.42 Å². The fourth-order valence-electron chi connectivity index (χ4n) is 1.32. The molecule has 1 heterocycles. The third-order valence-electron chi connectivity index (χ3n) is 2.37. The van der Waals surface area contributed by atoms with Crippen molar-refractivity contribution in [2.75, 3.05) is 13.6 Å². The number of thiophene rings is 1. The van der Waals surface area contributed by atoms with Crippen molar-refractivity contribution in [2.24, 2.45) is 0 Å². The minimum Gasteiger partial charge on any atom is -0.481 e. The summed E-state index contributed by atoms with van der Waals surface area (Å²) in [5.41, 5.74) is -0.464. The second-order valence-electron chi connectivity index (χ2n) is 3.81. The van der Waals surface area contributed by atoms with Gasteiger partial charge in [-0.1, -0.05) is 11.6 Å². The molecule has 0 fully saturated rings. The summed E-state index contributed by atoms with van der Waals surface area (Å²) in [5, 5.41) is 19.1. The van der Waals surface area contributed by atoms with E-state index in [0.29, 0.717) is 11.3 Å². The maximum Gasteiger partial charge on any atom is 0.303 e. The highest BCUT2D eigenvalue weighted by atomic mass is 35.5. The van der Waals surface area contributed by atoms with Crippen molar-refractivity contribution in [1.29, 1.82) is 0 Å². The third kappa shape index (κ3) is 3.88. The zero-order valence-electron chi connectivity index (χ0n) is 10.3. The summed E-state index contributed by atoms with van der Waals surface area (Å²) in [6, 6.07) is 0.899. The molecule has 1 aromatic heterocycles. The molecule has 0 amide bonds. The van der Waals surface area contributed by atoms with Gasteiger partial charge in [0, 0.05) is 26.1 Å². The Bertz CT molecular complexity index is 626. The first kappa shape index (κ1) is 16.8. The summed E-state index contributed by atoms with van der Waals surface area (Å²) in [5.74, 6) is -1.02. The van der Waals surface area contributed by atoms with E-state index in [1.165, 1.54) is 7.05 Å². The van der Waals surface area contributed by atoms with Crippen molar-refractivity contribution in [3.8, 4) is 0 Å². The first-order valence-corrected chi connectivity index (χ1v) is 7.91. The van der Waals surface area contributed by atoms with Crippen LogP contribution in [0, 0.1) is 10.1 Å². The molecule has 0 aliphatic heterocycles. The molecular formula is C9H11ClN2O6S2. The predicted molar refractivity (Wildman–Crippen MR) is 72.7 cm³/mol. The number of hydrogen-bond acceptors (Lipinski definition) is 6. The Balaban J connectivity index is 2.90. The molecule has 0 aliphatic carbocycles. The molecule has 0 aromatic carbocycles. The van der Waals surface area contributed by atoms with E-state index < -0.39 is 26.6 Å². The van der Waals surface area contributed by atoms with Gasteiger partial charge >= 0.3 is 5.97 Å². The second kappa shape index (κ2) is 6.48. The summed E-state index contributed by atoms with van der Waals surface area (Å²) in [6.45, 7) is -0.00203. The minimum atomic E-state index is -3.90. The molecule has 0 saturated heterocycles. The smallest absolute Gasteiger partial charge is 0.303 e. The molecule has 1 aromatic rings. The molecular weight excluding hydrogens is 332 g/mol. The zero-order chi connectivity index (χ0) is 15.5. The summed E-state index contributed by atoms with van der Waals surface area (Å²) in [6.07, 6.45) is -0.0164. The average molecular weight is 343 g/mol. The number of sulfonamides is 1. The molecule has 0 saturated carbocycles. The van der Waals surface area contributed by atoms with Crippen LogP contribution < -0.4 is 0 Å². The standard InChI is InChI=1S/C9H11ClN2O6S2/c1-11(4-2-3-7(13)14)20(17,18)8-5-6(12(15)16)9(10)19-8/h5H,2-4H2,1H3,(H,13,14). The van der Waals surface area contributed by atoms with Gasteiger partial charge in [-0.15, -0.1) is 11.3 Å². The number of nitro groups is 1. The van der Waals surface area contributed by atoms with Gasteiger partial charge in [0.15, 0.2) is 4.34 Å². The molecule has 0 unspecified atom stereocenters. The Labute approximate surface area is 123 Å². The zero-order valence-corrected chi connectivity index (χ0v) is 12.7. The van der Waals surface area contributed by atoms with Gasteiger partial charge in [0.25, 0.3) is 15.7 Å². The summed E-state index contributed by atoms with van der Waals surface area (Å²) >= 11 is 6.21. The quantitative estimate of drug-likeness (QED) is 0.596. The van der Waals surface area contributed by atoms with Crippen LogP contribution in [0.2, 0.25) is 4.34 Å². The molecule has 1 rings (SSSR count). The van der Waals surface area contributed by atoms with E-state index in [9.17, 15) is 23.3 Å². The molecule has 0 aliphatic rings. The normalized spacial score (nSPS) is 11.8. The van der Waals surface area contributed by atoms with Crippen LogP contribution in [0.15, 0.2) is 10.3 Å². The molecule has 0 bridgehead atoms. The number of carboxylic acids is 1. The average Bonchev–Trinajstić information content (AvgIpc) is 2.71. The van der Waals surface area contributed by atoms with Gasteiger partial charge in [-0.2, -0.15) is 0 Å². The SMILES string of the molecule is CN(CCCC(=O)O)S(=O)(=O)c1cc([N+](=O)[O-])c(Cl)s1. The van der Waals surface area contributed by atoms with Gasteiger partial charge in [-0.3, -0.25) is 14.9 Å². The van der Waals surface area contributed by atoms with Crippen molar-refractivity contribution in [1.82, 2.24) is 4.31 Å². The van der Waals surface area contributed by atoms with Gasteiger partial charge in [0.05, 0.1) is 4.92 Å². The lowest BCUT2D eigenvalue weighted by molar-refractivity contribution is -0.384. The van der Waals surface area contributed by atoms with E-state index in [2.05, 4.69) is 0 Å². The van der Waals surface area contributed by atoms with E-state index in [1.54, 1.807) is 0 Å². The Morgan fingerprint density at radius 2 is 2.20 bits per heavy atom. The highest BCUT2D eigenvalue weighted by molar-refractivity contribution is 7.91. The van der Waals surface area contributed by atoms with Crippen LogP contribution in [-0.2, 0) is 14.8 Å². The number of halogens is 1. The van der Waals surface area contributed by atoms with E-state index in [0.717, 1.165) is 10.4 Å². The minimum absolute atomic E-state index is 0.00203. The van der Waals surface area contributed by atoms with Gasteiger partial charge in [0.1, 0.15) is 4.21 Å². The Kier molecular flexibility index (Phi) is 5.45. The highest BCUT2D eigenvalue weighted by Crippen LogP contribution is 2.37. The molecule has 11 heteroatoms. The van der Waals surface area contributed by atoms with E-state index in [1.807, 2.05) is 0 Å². The maximum absolute atomic E-state index is 12.1. The lowest BCUT2D eigenvalue weighted by atomic mass is 10.3. The van der Waals surface area contributed by atoms with Gasteiger partial charge in [-0.25, -0.2) is 12.7 Å². The summed E-state index contributed by atoms with van der Waals surface area (Å²) in [7, 11) is -2.63. The molecule has 20 heavy (non-hydrogen) atoms. The fraction of sp³-hybridized carbons (Fsp3) is 0.444. The van der Waals surface area contributed by atoms with E-state index >= 15 is 0 Å². The largest absolute Gasteiger partial charge is 0.481 e. The molecule has 0 atom stereocenters. The number of hydrogen-bond donors (Lipinski definition) is 1. The fourth-order valence-corrected chi connectivity index (χ4v) is 4.40. The summed E-state index contributed by atoms with van der Waals surface area (Å²) < 4.78 is 24.7. The van der Waals surface area contributed by atoms with Crippen LogP contribution in [0.25, 0.3) is 0 Å². The molecule has 8 nitrogen and oxygen atoms in total. The van der Waals surface area contributed by atoms with E-state index in [4.69, 9.17) is 16.7 Å². The number of aliphatic carboxylic acids is 1. The van der Waals surface area contributed by atoms with Crippen LogP contribution in [0.3, 0.4) is 0 Å². The number of carboxylic acid groups (broad SMARTS) is 1. The predicted octanol–water partition coefficient (Wildman–Crippen LogP) is 1.80. The monoisotopic (exact) mass is 342 g/mol. The molecule has 0 radical (unpaired) electrons. The summed E-state index contributed by atoms with van der Waals surface area (Å²) in [4.78, 5) is 20.2. The second-order valence-corrected chi connectivity index (χ2v) is 7.73. The number of nitrogens with zero attached hydrogens (tertiary/aromatic N) is 2. The Morgan fingerprint density at radius 3 is 2.65 bits per heavy atom. The lowest BCUT2D eigenvalue weighted by Crippen LogP contribution is -2.27. The van der Waals surface area contributed by atoms with Gasteiger partial charge < -0.3 is 5.11 Å². The van der Waals surface area contributed by atoms with E-state index in [-0.39, 0.29) is 27.9 Å². The highest BCUT2D eigenvalue weighted by Gasteiger charge is 2.28. The Morgan fingerprint density at radius 1 is 1.60 bits per heavy atom. The first-order chi connectivity index (χ1) is 9.16. The topological polar surface area (TPSA) is 118 Å². The van der Waals surface area contributed by atoms with Gasteiger partial charge in [0.2, 0.25) is 0 Å².